The summed E-state index contributed by atoms with van der Waals surface area (Å²) < 4.78 is 0. The van der Waals surface area contributed by atoms with Crippen molar-refractivity contribution in [1.82, 2.24) is 4.98 Å². The maximum absolute atomic E-state index is 11.6. The average Bonchev–Trinajstić information content (AvgIpc) is 2.51. The molecule has 4 saturated carbocycles. The van der Waals surface area contributed by atoms with Crippen molar-refractivity contribution in [2.45, 2.75) is 37.7 Å². The van der Waals surface area contributed by atoms with E-state index in [1.54, 1.807) is 0 Å². The van der Waals surface area contributed by atoms with Gasteiger partial charge in [0.1, 0.15) is 0 Å². The molecule has 0 aliphatic heterocycles. The number of hydrogen-bond donors (Lipinski definition) is 1. The number of rotatable bonds is 1. The molecule has 1 aromatic carbocycles. The second kappa shape index (κ2) is 4.07. The number of nitrogens with zero attached hydrogens (tertiary/aromatic N) is 1. The Morgan fingerprint density at radius 1 is 0.952 bits per heavy atom. The molecule has 4 aliphatic rings. The molecule has 4 bridgehead atoms. The molecule has 0 amide bonds. The van der Waals surface area contributed by atoms with Crippen LogP contribution in [0.1, 0.15) is 37.7 Å². The van der Waals surface area contributed by atoms with Crippen LogP contribution >= 0.6 is 0 Å². The Hall–Kier alpha value is -1.41. The van der Waals surface area contributed by atoms with E-state index < -0.39 is 5.60 Å². The minimum absolute atomic E-state index is 0.475. The van der Waals surface area contributed by atoms with E-state index in [2.05, 4.69) is 29.2 Å². The first-order chi connectivity index (χ1) is 10.2. The lowest BCUT2D eigenvalue weighted by atomic mass is 9.48. The van der Waals surface area contributed by atoms with Crippen molar-refractivity contribution in [1.29, 1.82) is 0 Å². The minimum atomic E-state index is -0.586. The summed E-state index contributed by atoms with van der Waals surface area (Å²) in [4.78, 5) is 4.40. The van der Waals surface area contributed by atoms with Crippen molar-refractivity contribution < 1.29 is 5.11 Å². The van der Waals surface area contributed by atoms with Gasteiger partial charge in [-0.25, -0.2) is 0 Å². The van der Waals surface area contributed by atoms with Gasteiger partial charge in [0, 0.05) is 11.6 Å². The summed E-state index contributed by atoms with van der Waals surface area (Å²) in [5, 5.41) is 12.7. The largest absolute Gasteiger partial charge is 0.385 e. The van der Waals surface area contributed by atoms with Crippen LogP contribution in [-0.4, -0.2) is 10.1 Å². The van der Waals surface area contributed by atoms with E-state index >= 15 is 0 Å². The lowest BCUT2D eigenvalue weighted by Gasteiger charge is -2.59. The van der Waals surface area contributed by atoms with E-state index in [0.717, 1.165) is 28.3 Å². The van der Waals surface area contributed by atoms with Gasteiger partial charge in [-0.2, -0.15) is 0 Å². The molecule has 1 N–H and O–H groups in total. The SMILES string of the molecule is OC1(c2ccc3ncccc3c2)C2CC3CC(C2)CC1C3. The zero-order valence-electron chi connectivity index (χ0n) is 12.2. The smallest absolute Gasteiger partial charge is 0.0953 e. The van der Waals surface area contributed by atoms with Gasteiger partial charge in [-0.15, -0.1) is 0 Å². The molecule has 4 aliphatic carbocycles. The number of aromatic nitrogens is 1. The van der Waals surface area contributed by atoms with Crippen molar-refractivity contribution in [3.8, 4) is 0 Å². The van der Waals surface area contributed by atoms with E-state index in [1.807, 2.05) is 12.3 Å². The highest BCUT2D eigenvalue weighted by Gasteiger charge is 2.57. The molecular formula is C19H21NO. The van der Waals surface area contributed by atoms with Crippen molar-refractivity contribution >= 4 is 10.9 Å². The Morgan fingerprint density at radius 2 is 1.67 bits per heavy atom. The summed E-state index contributed by atoms with van der Waals surface area (Å²) in [6.45, 7) is 0. The van der Waals surface area contributed by atoms with Crippen molar-refractivity contribution in [2.24, 2.45) is 23.7 Å². The Balaban J connectivity index is 1.64. The van der Waals surface area contributed by atoms with Gasteiger partial charge in [0.05, 0.1) is 11.1 Å². The number of fused-ring (bicyclic) bond motifs is 1. The van der Waals surface area contributed by atoms with Gasteiger partial charge in [-0.3, -0.25) is 4.98 Å². The van der Waals surface area contributed by atoms with Gasteiger partial charge < -0.3 is 5.11 Å². The molecule has 1 heterocycles. The normalized spacial score (nSPS) is 40.8. The lowest BCUT2D eigenvalue weighted by molar-refractivity contribution is -0.179. The topological polar surface area (TPSA) is 33.1 Å². The molecule has 4 fully saturated rings. The van der Waals surface area contributed by atoms with Crippen LogP contribution in [0.5, 0.6) is 0 Å². The zero-order chi connectivity index (χ0) is 14.0. The maximum Gasteiger partial charge on any atom is 0.0953 e. The standard InChI is InChI=1S/C19H21NO/c21-19(15-3-4-18-14(11-15)2-1-5-20-18)16-7-12-6-13(9-16)10-17(19)8-12/h1-5,11-13,16-17,21H,6-10H2. The average molecular weight is 279 g/mol. The molecule has 0 unspecified atom stereocenters. The Labute approximate surface area is 125 Å². The van der Waals surface area contributed by atoms with Gasteiger partial charge in [0.2, 0.25) is 0 Å². The molecule has 1 aromatic heterocycles. The fraction of sp³-hybridized carbons (Fsp3) is 0.526. The predicted octanol–water partition coefficient (Wildman–Crippen LogP) is 3.88. The van der Waals surface area contributed by atoms with Crippen LogP contribution in [0.25, 0.3) is 10.9 Å². The fourth-order valence-corrected chi connectivity index (χ4v) is 5.70. The molecule has 2 aromatic rings. The van der Waals surface area contributed by atoms with Crippen LogP contribution in [0, 0.1) is 23.7 Å². The molecule has 2 heteroatoms. The van der Waals surface area contributed by atoms with Gasteiger partial charge >= 0.3 is 0 Å². The lowest BCUT2D eigenvalue weighted by Crippen LogP contribution is -2.55. The summed E-state index contributed by atoms with van der Waals surface area (Å²) in [5.74, 6) is 2.72. The van der Waals surface area contributed by atoms with E-state index in [9.17, 15) is 5.11 Å². The highest BCUT2D eigenvalue weighted by atomic mass is 16.3. The number of aliphatic hydroxyl groups is 1. The van der Waals surface area contributed by atoms with Crippen LogP contribution < -0.4 is 0 Å². The monoisotopic (exact) mass is 279 g/mol. The summed E-state index contributed by atoms with van der Waals surface area (Å²) >= 11 is 0. The molecule has 6 rings (SSSR count). The van der Waals surface area contributed by atoms with Gasteiger partial charge in [-0.05, 0) is 79.5 Å². The second-order valence-corrected chi connectivity index (χ2v) is 7.54. The van der Waals surface area contributed by atoms with Crippen molar-refractivity contribution in [2.75, 3.05) is 0 Å². The summed E-state index contributed by atoms with van der Waals surface area (Å²) in [7, 11) is 0. The first-order valence-electron chi connectivity index (χ1n) is 8.31. The third kappa shape index (κ3) is 1.60. The summed E-state index contributed by atoms with van der Waals surface area (Å²) in [6, 6.07) is 10.5. The first-order valence-corrected chi connectivity index (χ1v) is 8.31. The molecule has 0 atom stereocenters. The highest BCUT2D eigenvalue weighted by molar-refractivity contribution is 5.79. The molecule has 0 saturated heterocycles. The second-order valence-electron chi connectivity index (χ2n) is 7.54. The van der Waals surface area contributed by atoms with E-state index in [1.165, 1.54) is 32.1 Å². The molecule has 2 nitrogen and oxygen atoms in total. The van der Waals surface area contributed by atoms with Crippen molar-refractivity contribution in [3.63, 3.8) is 0 Å². The maximum atomic E-state index is 11.6. The predicted molar refractivity (Wildman–Crippen MR) is 82.7 cm³/mol. The number of pyridine rings is 1. The summed E-state index contributed by atoms with van der Waals surface area (Å²) in [6.07, 6.45) is 8.18. The number of hydrogen-bond acceptors (Lipinski definition) is 2. The van der Waals surface area contributed by atoms with Crippen LogP contribution in [-0.2, 0) is 5.60 Å². The van der Waals surface area contributed by atoms with Gasteiger partial charge in [0.15, 0.2) is 0 Å². The highest BCUT2D eigenvalue weighted by Crippen LogP contribution is 2.61. The summed E-state index contributed by atoms with van der Waals surface area (Å²) in [5.41, 5.74) is 1.57. The van der Waals surface area contributed by atoms with Crippen LogP contribution in [0.3, 0.4) is 0 Å². The third-order valence-corrected chi connectivity index (χ3v) is 6.45. The Kier molecular flexibility index (Phi) is 2.36. The van der Waals surface area contributed by atoms with Crippen LogP contribution in [0.15, 0.2) is 36.5 Å². The molecule has 108 valence electrons. The molecule has 0 spiro atoms. The first kappa shape index (κ1) is 12.2. The molecule has 0 radical (unpaired) electrons. The van der Waals surface area contributed by atoms with E-state index in [0.29, 0.717) is 11.8 Å². The van der Waals surface area contributed by atoms with Crippen LogP contribution in [0.4, 0.5) is 0 Å². The van der Waals surface area contributed by atoms with Gasteiger partial charge in [-0.1, -0.05) is 12.1 Å². The zero-order valence-corrected chi connectivity index (χ0v) is 12.2. The molecule has 21 heavy (non-hydrogen) atoms. The Morgan fingerprint density at radius 3 is 2.38 bits per heavy atom. The van der Waals surface area contributed by atoms with E-state index in [-0.39, 0.29) is 0 Å². The third-order valence-electron chi connectivity index (χ3n) is 6.45. The van der Waals surface area contributed by atoms with Crippen molar-refractivity contribution in [3.05, 3.63) is 42.1 Å². The quantitative estimate of drug-likeness (QED) is 0.859. The van der Waals surface area contributed by atoms with E-state index in [4.69, 9.17) is 0 Å². The Bertz CT molecular complexity index is 680. The fourth-order valence-electron chi connectivity index (χ4n) is 5.70. The van der Waals surface area contributed by atoms with Gasteiger partial charge in [0.25, 0.3) is 0 Å². The molecular weight excluding hydrogens is 258 g/mol. The number of benzene rings is 1. The van der Waals surface area contributed by atoms with Crippen LogP contribution in [0.2, 0.25) is 0 Å². The minimum Gasteiger partial charge on any atom is -0.385 e.